The molecule has 9 nitrogen and oxygen atoms in total. The van der Waals surface area contributed by atoms with Crippen LogP contribution in [0, 0.1) is 0 Å². The van der Waals surface area contributed by atoms with Gasteiger partial charge in [0.05, 0.1) is 19.0 Å². The van der Waals surface area contributed by atoms with Crippen molar-refractivity contribution in [3.63, 3.8) is 0 Å². The molecule has 1 fully saturated rings. The Morgan fingerprint density at radius 2 is 2.09 bits per heavy atom. The molecule has 32 heavy (non-hydrogen) atoms. The second-order valence-corrected chi connectivity index (χ2v) is 6.93. The summed E-state index contributed by atoms with van der Waals surface area (Å²) in [5.41, 5.74) is 1.58. The normalized spacial score (nSPS) is 14.4. The van der Waals surface area contributed by atoms with E-state index in [9.17, 15) is 13.6 Å². The standard InChI is InChI=1S/C20H26F2N6O3.HI/c1-23-20(27-8-9-28(18(29)13-27)15-11-25-26(2)12-15)24-7-6-14-4-5-16(30-3)17(10-14)31-19(21)22;/h4-5,10-12,19H,6-9,13H2,1-3H3,(H,23,24);1H. The number of nitrogens with one attached hydrogen (secondary N) is 1. The number of rotatable bonds is 7. The largest absolute Gasteiger partial charge is 0.493 e. The summed E-state index contributed by atoms with van der Waals surface area (Å²) in [6, 6.07) is 4.92. The van der Waals surface area contributed by atoms with Crippen molar-refractivity contribution in [2.45, 2.75) is 13.0 Å². The van der Waals surface area contributed by atoms with E-state index in [-0.39, 0.29) is 47.9 Å². The van der Waals surface area contributed by atoms with Crippen molar-refractivity contribution >= 4 is 41.5 Å². The van der Waals surface area contributed by atoms with E-state index in [0.717, 1.165) is 11.3 Å². The number of amides is 1. The summed E-state index contributed by atoms with van der Waals surface area (Å²) in [6.45, 7) is -1.08. The zero-order valence-electron chi connectivity index (χ0n) is 18.1. The van der Waals surface area contributed by atoms with Crippen LogP contribution in [0.3, 0.4) is 0 Å². The number of methoxy groups -OCH3 is 1. The zero-order valence-corrected chi connectivity index (χ0v) is 20.5. The summed E-state index contributed by atoms with van der Waals surface area (Å²) in [6.07, 6.45) is 4.02. The van der Waals surface area contributed by atoms with Gasteiger partial charge in [0.2, 0.25) is 5.91 Å². The lowest BCUT2D eigenvalue weighted by Crippen LogP contribution is -2.55. The van der Waals surface area contributed by atoms with Gasteiger partial charge < -0.3 is 24.6 Å². The third kappa shape index (κ3) is 6.43. The number of piperazine rings is 1. The van der Waals surface area contributed by atoms with Gasteiger partial charge >= 0.3 is 6.61 Å². The van der Waals surface area contributed by atoms with E-state index in [1.807, 2.05) is 11.1 Å². The van der Waals surface area contributed by atoms with Gasteiger partial charge in [-0.1, -0.05) is 6.07 Å². The maximum absolute atomic E-state index is 12.6. The van der Waals surface area contributed by atoms with Crippen molar-refractivity contribution in [3.05, 3.63) is 36.2 Å². The molecule has 2 heterocycles. The molecule has 0 radical (unpaired) electrons. The Hall–Kier alpha value is -2.64. The van der Waals surface area contributed by atoms with Crippen molar-refractivity contribution in [1.29, 1.82) is 0 Å². The Morgan fingerprint density at radius 1 is 1.31 bits per heavy atom. The molecular formula is C20H27F2IN6O3. The quantitative estimate of drug-likeness (QED) is 0.315. The molecule has 0 spiro atoms. The van der Waals surface area contributed by atoms with Crippen LogP contribution in [0.4, 0.5) is 14.5 Å². The first-order valence-electron chi connectivity index (χ1n) is 9.77. The minimum atomic E-state index is -2.93. The molecular weight excluding hydrogens is 537 g/mol. The van der Waals surface area contributed by atoms with Crippen molar-refractivity contribution in [2.75, 3.05) is 45.2 Å². The lowest BCUT2D eigenvalue weighted by molar-refractivity contribution is -0.120. The number of carbonyl (C=O) groups is 1. The Kier molecular flexibility index (Phi) is 9.47. The van der Waals surface area contributed by atoms with Crippen LogP contribution >= 0.6 is 24.0 Å². The van der Waals surface area contributed by atoms with Gasteiger partial charge in [-0.05, 0) is 24.1 Å². The molecule has 176 valence electrons. The molecule has 1 amide bonds. The number of aliphatic imine (C=N–C) groups is 1. The molecule has 3 rings (SSSR count). The SMILES string of the molecule is CN=C(NCCc1ccc(OC)c(OC(F)F)c1)N1CCN(c2cnn(C)c2)C(=O)C1.I. The third-order valence-electron chi connectivity index (χ3n) is 4.88. The van der Waals surface area contributed by atoms with Crippen molar-refractivity contribution in [3.8, 4) is 11.5 Å². The average molecular weight is 564 g/mol. The van der Waals surface area contributed by atoms with Crippen LogP contribution in [0.2, 0.25) is 0 Å². The smallest absolute Gasteiger partial charge is 0.387 e. The number of ether oxygens (including phenoxy) is 2. The fourth-order valence-electron chi connectivity index (χ4n) is 3.39. The highest BCUT2D eigenvalue weighted by atomic mass is 127. The molecule has 2 aromatic rings. The minimum absolute atomic E-state index is 0. The van der Waals surface area contributed by atoms with Crippen LogP contribution in [0.1, 0.15) is 5.56 Å². The lowest BCUT2D eigenvalue weighted by atomic mass is 10.1. The molecule has 1 aliphatic rings. The second kappa shape index (κ2) is 11.8. The van der Waals surface area contributed by atoms with Crippen molar-refractivity contribution < 1.29 is 23.0 Å². The number of benzene rings is 1. The molecule has 1 aromatic heterocycles. The van der Waals surface area contributed by atoms with Gasteiger partial charge in [0.15, 0.2) is 17.5 Å². The van der Waals surface area contributed by atoms with Gasteiger partial charge in [0.25, 0.3) is 0 Å². The number of halogens is 3. The average Bonchev–Trinajstić information content (AvgIpc) is 3.17. The minimum Gasteiger partial charge on any atom is -0.493 e. The molecule has 0 unspecified atom stereocenters. The van der Waals surface area contributed by atoms with E-state index in [0.29, 0.717) is 32.0 Å². The monoisotopic (exact) mass is 564 g/mol. The lowest BCUT2D eigenvalue weighted by Gasteiger charge is -2.35. The summed E-state index contributed by atoms with van der Waals surface area (Å²) in [5, 5.41) is 7.34. The number of aryl methyl sites for hydroxylation is 1. The molecule has 12 heteroatoms. The first-order valence-corrected chi connectivity index (χ1v) is 9.77. The number of hydrogen-bond acceptors (Lipinski definition) is 5. The zero-order chi connectivity index (χ0) is 22.4. The maximum atomic E-state index is 12.6. The Bertz CT molecular complexity index is 940. The van der Waals surface area contributed by atoms with E-state index < -0.39 is 6.61 Å². The third-order valence-corrected chi connectivity index (χ3v) is 4.88. The summed E-state index contributed by atoms with van der Waals surface area (Å²) in [7, 11) is 4.86. The number of alkyl halides is 2. The molecule has 0 bridgehead atoms. The van der Waals surface area contributed by atoms with E-state index in [2.05, 4.69) is 20.1 Å². The number of anilines is 1. The van der Waals surface area contributed by atoms with Gasteiger partial charge in [0.1, 0.15) is 6.54 Å². The first kappa shape index (κ1) is 25.6. The van der Waals surface area contributed by atoms with Crippen molar-refractivity contribution in [1.82, 2.24) is 20.0 Å². The fourth-order valence-corrected chi connectivity index (χ4v) is 3.39. The van der Waals surface area contributed by atoms with Gasteiger partial charge in [-0.3, -0.25) is 14.5 Å². The fraction of sp³-hybridized carbons (Fsp3) is 0.450. The van der Waals surface area contributed by atoms with E-state index in [1.54, 1.807) is 42.0 Å². The van der Waals surface area contributed by atoms with Crippen LogP contribution in [0.15, 0.2) is 35.6 Å². The van der Waals surface area contributed by atoms with Crippen LogP contribution in [0.25, 0.3) is 0 Å². The Labute approximate surface area is 202 Å². The molecule has 0 atom stereocenters. The molecule has 0 saturated carbocycles. The number of carbonyl (C=O) groups excluding carboxylic acids is 1. The molecule has 1 saturated heterocycles. The van der Waals surface area contributed by atoms with Gasteiger partial charge in [0, 0.05) is 39.9 Å². The summed E-state index contributed by atoms with van der Waals surface area (Å²) >= 11 is 0. The predicted octanol–water partition coefficient (Wildman–Crippen LogP) is 2.11. The van der Waals surface area contributed by atoms with Gasteiger partial charge in [-0.2, -0.15) is 13.9 Å². The molecule has 1 aliphatic heterocycles. The highest BCUT2D eigenvalue weighted by Gasteiger charge is 2.27. The summed E-state index contributed by atoms with van der Waals surface area (Å²) in [5.74, 6) is 0.817. The molecule has 1 N–H and O–H groups in total. The number of aromatic nitrogens is 2. The molecule has 1 aromatic carbocycles. The number of guanidine groups is 1. The van der Waals surface area contributed by atoms with Crippen LogP contribution in [0.5, 0.6) is 11.5 Å². The molecule has 0 aliphatic carbocycles. The number of nitrogens with zero attached hydrogens (tertiary/aromatic N) is 5. The summed E-state index contributed by atoms with van der Waals surface area (Å²) < 4.78 is 36.4. The topological polar surface area (TPSA) is 84.2 Å². The van der Waals surface area contributed by atoms with Crippen LogP contribution < -0.4 is 19.7 Å². The predicted molar refractivity (Wildman–Crippen MR) is 127 cm³/mol. The van der Waals surface area contributed by atoms with E-state index in [1.165, 1.54) is 13.2 Å². The van der Waals surface area contributed by atoms with Crippen LogP contribution in [-0.2, 0) is 18.3 Å². The van der Waals surface area contributed by atoms with Crippen molar-refractivity contribution in [2.24, 2.45) is 12.0 Å². The summed E-state index contributed by atoms with van der Waals surface area (Å²) in [4.78, 5) is 20.4. The Balaban J connectivity index is 0.00000363. The number of hydrogen-bond donors (Lipinski definition) is 1. The van der Waals surface area contributed by atoms with E-state index >= 15 is 0 Å². The Morgan fingerprint density at radius 3 is 2.69 bits per heavy atom. The van der Waals surface area contributed by atoms with Gasteiger partial charge in [-0.25, -0.2) is 0 Å². The highest BCUT2D eigenvalue weighted by Crippen LogP contribution is 2.29. The van der Waals surface area contributed by atoms with E-state index in [4.69, 9.17) is 4.74 Å². The maximum Gasteiger partial charge on any atom is 0.387 e. The second-order valence-electron chi connectivity index (χ2n) is 6.93. The van der Waals surface area contributed by atoms with Crippen LogP contribution in [-0.4, -0.2) is 73.5 Å². The van der Waals surface area contributed by atoms with Gasteiger partial charge in [-0.15, -0.1) is 24.0 Å². The highest BCUT2D eigenvalue weighted by molar-refractivity contribution is 14.0. The first-order chi connectivity index (χ1) is 14.9.